The number of hydrogen-bond acceptors (Lipinski definition) is 5. The van der Waals surface area contributed by atoms with Crippen LogP contribution in [-0.2, 0) is 6.54 Å². The Hall–Kier alpha value is -3.20. The van der Waals surface area contributed by atoms with E-state index in [2.05, 4.69) is 21.4 Å². The zero-order valence-electron chi connectivity index (χ0n) is 12.3. The molecule has 0 radical (unpaired) electrons. The van der Waals surface area contributed by atoms with Crippen LogP contribution in [0.25, 0.3) is 11.0 Å². The number of rotatable bonds is 3. The lowest BCUT2D eigenvalue weighted by atomic mass is 10.1. The first-order chi connectivity index (χ1) is 11.3. The summed E-state index contributed by atoms with van der Waals surface area (Å²) in [5, 5.41) is 12.1. The second-order valence-electron chi connectivity index (χ2n) is 5.26. The largest absolute Gasteiger partial charge is 0.486 e. The number of imidazole rings is 1. The van der Waals surface area contributed by atoms with Crippen molar-refractivity contribution in [1.29, 1.82) is 5.26 Å². The maximum absolute atomic E-state index is 8.81. The van der Waals surface area contributed by atoms with Crippen LogP contribution in [0.5, 0.6) is 11.5 Å². The molecule has 2 N–H and O–H groups in total. The number of fused-ring (bicyclic) bond motifs is 2. The lowest BCUT2D eigenvalue weighted by Gasteiger charge is -2.17. The van der Waals surface area contributed by atoms with Gasteiger partial charge in [0.25, 0.3) is 0 Å². The first-order valence-corrected chi connectivity index (χ1v) is 7.34. The summed E-state index contributed by atoms with van der Waals surface area (Å²) in [4.78, 5) is 7.74. The molecule has 0 bridgehead atoms. The van der Waals surface area contributed by atoms with Crippen molar-refractivity contribution in [1.82, 2.24) is 9.97 Å². The minimum absolute atomic E-state index is 0.562. The van der Waals surface area contributed by atoms with Gasteiger partial charge in [-0.25, -0.2) is 4.98 Å². The molecule has 0 atom stereocenters. The molecule has 4 rings (SSSR count). The van der Waals surface area contributed by atoms with Crippen LogP contribution in [0.15, 0.2) is 36.4 Å². The van der Waals surface area contributed by atoms with Crippen molar-refractivity contribution in [3.05, 3.63) is 47.5 Å². The molecule has 0 spiro atoms. The number of ether oxygens (including phenoxy) is 2. The van der Waals surface area contributed by atoms with Crippen LogP contribution >= 0.6 is 0 Å². The van der Waals surface area contributed by atoms with Gasteiger partial charge in [-0.2, -0.15) is 5.26 Å². The molecule has 0 fully saturated rings. The Morgan fingerprint density at radius 3 is 2.61 bits per heavy atom. The van der Waals surface area contributed by atoms with Crippen LogP contribution < -0.4 is 14.8 Å². The molecule has 2 aromatic carbocycles. The topological polar surface area (TPSA) is 83.0 Å². The number of benzene rings is 2. The Labute approximate surface area is 132 Å². The van der Waals surface area contributed by atoms with E-state index in [0.717, 1.165) is 28.1 Å². The second-order valence-corrected chi connectivity index (χ2v) is 5.26. The first-order valence-electron chi connectivity index (χ1n) is 7.34. The van der Waals surface area contributed by atoms with Gasteiger partial charge in [-0.3, -0.25) is 0 Å². The lowest BCUT2D eigenvalue weighted by molar-refractivity contribution is 0.172. The van der Waals surface area contributed by atoms with E-state index in [-0.39, 0.29) is 0 Å². The molecular weight excluding hydrogens is 292 g/mol. The van der Waals surface area contributed by atoms with Crippen LogP contribution in [0.2, 0.25) is 0 Å². The summed E-state index contributed by atoms with van der Waals surface area (Å²) in [6.07, 6.45) is 0. The van der Waals surface area contributed by atoms with Crippen molar-refractivity contribution in [3.63, 3.8) is 0 Å². The highest BCUT2D eigenvalue weighted by molar-refractivity contribution is 5.81. The summed E-state index contributed by atoms with van der Waals surface area (Å²) >= 11 is 0. The van der Waals surface area contributed by atoms with Crippen molar-refractivity contribution in [2.24, 2.45) is 0 Å². The highest BCUT2D eigenvalue weighted by Gasteiger charge is 2.14. The van der Waals surface area contributed by atoms with Crippen LogP contribution in [0.3, 0.4) is 0 Å². The Balaban J connectivity index is 1.53. The Morgan fingerprint density at radius 2 is 1.87 bits per heavy atom. The fraction of sp³-hybridized carbons (Fsp3) is 0.176. The molecule has 1 aliphatic heterocycles. The van der Waals surface area contributed by atoms with Gasteiger partial charge in [0.05, 0.1) is 22.7 Å². The fourth-order valence-corrected chi connectivity index (χ4v) is 2.51. The van der Waals surface area contributed by atoms with E-state index in [1.54, 1.807) is 12.1 Å². The number of nitriles is 1. The predicted molar refractivity (Wildman–Crippen MR) is 85.6 cm³/mol. The molecule has 0 aliphatic carbocycles. The normalized spacial score (nSPS) is 12.8. The van der Waals surface area contributed by atoms with E-state index in [1.807, 2.05) is 24.3 Å². The zero-order valence-corrected chi connectivity index (χ0v) is 12.3. The molecule has 0 unspecified atom stereocenters. The Kier molecular flexibility index (Phi) is 3.24. The summed E-state index contributed by atoms with van der Waals surface area (Å²) in [5.41, 5.74) is 3.46. The number of nitrogens with zero attached hydrogens (tertiary/aromatic N) is 2. The molecule has 0 amide bonds. The minimum atomic E-state index is 0.562. The molecule has 3 aromatic rings. The van der Waals surface area contributed by atoms with Crippen molar-refractivity contribution in [3.8, 4) is 17.6 Å². The maximum Gasteiger partial charge on any atom is 0.201 e. The highest BCUT2D eigenvalue weighted by Crippen LogP contribution is 2.34. The summed E-state index contributed by atoms with van der Waals surface area (Å²) in [6.45, 7) is 1.75. The molecular formula is C17H14N4O2. The third-order valence-corrected chi connectivity index (χ3v) is 3.69. The second kappa shape index (κ2) is 5.54. The van der Waals surface area contributed by atoms with Gasteiger partial charge < -0.3 is 19.8 Å². The third kappa shape index (κ3) is 2.64. The van der Waals surface area contributed by atoms with E-state index < -0.39 is 0 Å². The van der Waals surface area contributed by atoms with Crippen LogP contribution in [-0.4, -0.2) is 23.2 Å². The number of nitrogens with one attached hydrogen (secondary N) is 2. The molecule has 0 saturated heterocycles. The van der Waals surface area contributed by atoms with E-state index >= 15 is 0 Å². The molecule has 1 aromatic heterocycles. The maximum atomic E-state index is 8.81. The zero-order chi connectivity index (χ0) is 15.6. The van der Waals surface area contributed by atoms with Crippen LogP contribution in [0.1, 0.15) is 11.1 Å². The number of hydrogen-bond donors (Lipinski definition) is 2. The predicted octanol–water partition coefficient (Wildman–Crippen LogP) is 2.82. The van der Waals surface area contributed by atoms with E-state index in [0.29, 0.717) is 31.3 Å². The number of aromatic nitrogens is 2. The minimum Gasteiger partial charge on any atom is -0.486 e. The number of anilines is 1. The van der Waals surface area contributed by atoms with Crippen LogP contribution in [0.4, 0.5) is 5.95 Å². The third-order valence-electron chi connectivity index (χ3n) is 3.69. The van der Waals surface area contributed by atoms with Crippen LogP contribution in [0, 0.1) is 11.3 Å². The van der Waals surface area contributed by atoms with Crippen molar-refractivity contribution in [2.75, 3.05) is 18.5 Å². The van der Waals surface area contributed by atoms with Gasteiger partial charge in [-0.05, 0) is 17.7 Å². The fourth-order valence-electron chi connectivity index (χ4n) is 2.51. The average Bonchev–Trinajstić information content (AvgIpc) is 3.00. The van der Waals surface area contributed by atoms with Crippen molar-refractivity contribution < 1.29 is 9.47 Å². The molecule has 1 aliphatic rings. The lowest BCUT2D eigenvalue weighted by Crippen LogP contribution is -2.15. The van der Waals surface area contributed by atoms with E-state index in [9.17, 15) is 0 Å². The number of H-pyrrole nitrogens is 1. The molecule has 6 nitrogen and oxygen atoms in total. The van der Waals surface area contributed by atoms with Crippen molar-refractivity contribution in [2.45, 2.75) is 6.54 Å². The van der Waals surface area contributed by atoms with E-state index in [4.69, 9.17) is 14.7 Å². The monoisotopic (exact) mass is 306 g/mol. The summed E-state index contributed by atoms with van der Waals surface area (Å²) in [6, 6.07) is 13.4. The van der Waals surface area contributed by atoms with Gasteiger partial charge in [0.2, 0.25) is 5.95 Å². The van der Waals surface area contributed by atoms with Gasteiger partial charge in [-0.15, -0.1) is 0 Å². The Bertz CT molecular complexity index is 850. The van der Waals surface area contributed by atoms with Crippen molar-refractivity contribution >= 4 is 17.0 Å². The van der Waals surface area contributed by atoms with Gasteiger partial charge in [-0.1, -0.05) is 12.1 Å². The molecule has 2 heterocycles. The SMILES string of the molecule is N#Cc1ccc(CNc2nc3cc4c(cc3[nH]2)OCCO4)cc1. The van der Waals surface area contributed by atoms with Gasteiger partial charge in [0, 0.05) is 18.7 Å². The van der Waals surface area contributed by atoms with E-state index in [1.165, 1.54) is 0 Å². The summed E-state index contributed by atoms with van der Waals surface area (Å²) in [7, 11) is 0. The van der Waals surface area contributed by atoms with Gasteiger partial charge in [0.15, 0.2) is 11.5 Å². The summed E-state index contributed by atoms with van der Waals surface area (Å²) in [5.74, 6) is 2.16. The Morgan fingerprint density at radius 1 is 1.13 bits per heavy atom. The standard InChI is InChI=1S/C17H14N4O2/c18-9-11-1-3-12(4-2-11)10-19-17-20-13-7-15-16(8-14(13)21-17)23-6-5-22-15/h1-4,7-8H,5-6,10H2,(H2,19,20,21). The average molecular weight is 306 g/mol. The summed E-state index contributed by atoms with van der Waals surface area (Å²) < 4.78 is 11.1. The first kappa shape index (κ1) is 13.5. The smallest absolute Gasteiger partial charge is 0.201 e. The molecule has 114 valence electrons. The van der Waals surface area contributed by atoms with Gasteiger partial charge >= 0.3 is 0 Å². The number of aromatic amines is 1. The highest BCUT2D eigenvalue weighted by atomic mass is 16.6. The molecule has 0 saturated carbocycles. The van der Waals surface area contributed by atoms with Gasteiger partial charge in [0.1, 0.15) is 13.2 Å². The molecule has 6 heteroatoms. The molecule has 23 heavy (non-hydrogen) atoms. The quantitative estimate of drug-likeness (QED) is 0.777.